The quantitative estimate of drug-likeness (QED) is 0.260. The monoisotopic (exact) mass is 652 g/mol. The predicted octanol–water partition coefficient (Wildman–Crippen LogP) is 4.54. The second-order valence-electron chi connectivity index (χ2n) is 12.1. The van der Waals surface area contributed by atoms with Gasteiger partial charge < -0.3 is 4.74 Å². The number of nitrogens with zero attached hydrogens (tertiary/aromatic N) is 6. The van der Waals surface area contributed by atoms with Gasteiger partial charge in [-0.1, -0.05) is 86.7 Å². The molecular weight excluding hydrogens is 621 g/mol. The lowest BCUT2D eigenvalue weighted by molar-refractivity contribution is 0.0730. The van der Waals surface area contributed by atoms with Crippen molar-refractivity contribution >= 4 is 32.4 Å². The van der Waals surface area contributed by atoms with Crippen LogP contribution < -0.4 is 10.1 Å². The molecule has 6 aromatic rings. The van der Waals surface area contributed by atoms with Crippen LogP contribution in [0.25, 0.3) is 39.4 Å². The molecule has 0 spiro atoms. The largest absolute Gasteiger partial charge is 0.379 e. The molecule has 0 unspecified atom stereocenters. The normalized spacial score (nSPS) is 15.2. The van der Waals surface area contributed by atoms with Gasteiger partial charge in [-0.25, -0.2) is 13.1 Å². The van der Waals surface area contributed by atoms with E-state index in [4.69, 9.17) is 9.84 Å². The Morgan fingerprint density at radius 3 is 2.20 bits per heavy atom. The summed E-state index contributed by atoms with van der Waals surface area (Å²) in [6, 6.07) is 24.5. The number of hydrogen-bond donors (Lipinski definition) is 0. The molecule has 0 saturated carbocycles. The fourth-order valence-electron chi connectivity index (χ4n) is 5.37. The van der Waals surface area contributed by atoms with Crippen LogP contribution in [0.5, 0.6) is 0 Å². The smallest absolute Gasteiger partial charge is 0.291 e. The number of ether oxygens (including phenoxy) is 1. The summed E-state index contributed by atoms with van der Waals surface area (Å²) in [5, 5.41) is 9.39. The first-order chi connectivity index (χ1) is 22.1. The van der Waals surface area contributed by atoms with E-state index in [1.807, 2.05) is 48.7 Å². The predicted molar refractivity (Wildman–Crippen MR) is 179 cm³/mol. The molecule has 0 bridgehead atoms. The summed E-state index contributed by atoms with van der Waals surface area (Å²) in [6.45, 7) is 7.90. The van der Waals surface area contributed by atoms with Gasteiger partial charge in [0.2, 0.25) is 15.0 Å². The zero-order chi connectivity index (χ0) is 32.1. The summed E-state index contributed by atoms with van der Waals surface area (Å²) in [6.07, 6.45) is 3.65. The summed E-state index contributed by atoms with van der Waals surface area (Å²) in [5.74, 6) is 0.500. The maximum absolute atomic E-state index is 13.5. The van der Waals surface area contributed by atoms with E-state index in [9.17, 15) is 13.2 Å². The lowest BCUT2D eigenvalue weighted by Crippen LogP contribution is -2.40. The maximum Gasteiger partial charge on any atom is 0.291 e. The van der Waals surface area contributed by atoms with Crippen molar-refractivity contribution in [3.8, 4) is 28.3 Å². The van der Waals surface area contributed by atoms with Gasteiger partial charge in [0.15, 0.2) is 5.82 Å². The summed E-state index contributed by atoms with van der Waals surface area (Å²) in [4.78, 5) is 18.9. The highest BCUT2D eigenvalue weighted by atomic mass is 32.2. The summed E-state index contributed by atoms with van der Waals surface area (Å²) in [5.41, 5.74) is 4.69. The van der Waals surface area contributed by atoms with E-state index in [2.05, 4.69) is 43.0 Å². The molecule has 1 saturated heterocycles. The van der Waals surface area contributed by atoms with E-state index < -0.39 is 10.0 Å². The van der Waals surface area contributed by atoms with Crippen LogP contribution in [0.4, 0.5) is 0 Å². The zero-order valence-corrected chi connectivity index (χ0v) is 27.3. The van der Waals surface area contributed by atoms with Crippen molar-refractivity contribution in [3.63, 3.8) is 0 Å². The summed E-state index contributed by atoms with van der Waals surface area (Å²) in [7, 11) is -3.64. The van der Waals surface area contributed by atoms with Gasteiger partial charge >= 0.3 is 0 Å². The molecule has 0 atom stereocenters. The molecule has 4 heterocycles. The Balaban J connectivity index is 1.26. The Morgan fingerprint density at radius 2 is 1.54 bits per heavy atom. The lowest BCUT2D eigenvalue weighted by atomic mass is 9.87. The molecule has 3 aromatic heterocycles. The van der Waals surface area contributed by atoms with Gasteiger partial charge in [0, 0.05) is 36.0 Å². The first kappa shape index (κ1) is 30.2. The molecule has 1 fully saturated rings. The number of aromatic nitrogens is 5. The standard InChI is InChI=1S/C34H32N6O4S2/c1-34(2,3)26-13-9-24(10-14-26)31-35-33-40(37-31)32(41)29(45-33)21-25-22-39(27-7-5-4-6-8-27)36-30(25)23-11-15-28(16-12-23)46(42,43)38-17-19-44-20-18-38/h4-16,21-22H,17-20H2,1-3H3/b29-21-. The average molecular weight is 653 g/mol. The van der Waals surface area contributed by atoms with E-state index in [-0.39, 0.29) is 15.9 Å². The van der Waals surface area contributed by atoms with E-state index >= 15 is 0 Å². The number of morpholine rings is 1. The minimum atomic E-state index is -3.64. The van der Waals surface area contributed by atoms with Crippen LogP contribution in [-0.2, 0) is 20.2 Å². The number of fused-ring (bicyclic) bond motifs is 1. The van der Waals surface area contributed by atoms with Crippen LogP contribution in [0.2, 0.25) is 0 Å². The number of rotatable bonds is 6. The van der Waals surface area contributed by atoms with Crippen LogP contribution in [0.1, 0.15) is 31.9 Å². The van der Waals surface area contributed by atoms with Crippen LogP contribution in [0.15, 0.2) is 94.7 Å². The molecule has 46 heavy (non-hydrogen) atoms. The van der Waals surface area contributed by atoms with Crippen LogP contribution in [0, 0.1) is 0 Å². The van der Waals surface area contributed by atoms with E-state index in [0.717, 1.165) is 16.8 Å². The SMILES string of the molecule is CC(C)(C)c1ccc(-c2nc3s/c(=C\c4cn(-c5ccccc5)nc4-c4ccc(S(=O)(=O)N5CCOCC5)cc4)c(=O)n3n2)cc1. The van der Waals surface area contributed by atoms with Gasteiger partial charge in [-0.05, 0) is 41.3 Å². The lowest BCUT2D eigenvalue weighted by Gasteiger charge is -2.26. The number of sulfonamides is 1. The van der Waals surface area contributed by atoms with Gasteiger partial charge in [-0.2, -0.15) is 18.9 Å². The fourth-order valence-corrected chi connectivity index (χ4v) is 7.67. The fraction of sp³-hybridized carbons (Fsp3) is 0.235. The van der Waals surface area contributed by atoms with Gasteiger partial charge in [-0.15, -0.1) is 5.10 Å². The Hall–Kier alpha value is -4.49. The molecule has 0 N–H and O–H groups in total. The van der Waals surface area contributed by atoms with Crippen molar-refractivity contribution in [3.05, 3.63) is 111 Å². The van der Waals surface area contributed by atoms with Crippen molar-refractivity contribution in [2.75, 3.05) is 26.3 Å². The second kappa shape index (κ2) is 11.7. The zero-order valence-electron chi connectivity index (χ0n) is 25.6. The minimum absolute atomic E-state index is 0.0310. The van der Waals surface area contributed by atoms with Crippen LogP contribution in [0.3, 0.4) is 0 Å². The first-order valence-electron chi connectivity index (χ1n) is 14.9. The molecule has 1 aliphatic rings. The molecule has 3 aromatic carbocycles. The molecule has 10 nitrogen and oxygen atoms in total. The van der Waals surface area contributed by atoms with Crippen molar-refractivity contribution in [2.24, 2.45) is 0 Å². The topological polar surface area (TPSA) is 112 Å². The van der Waals surface area contributed by atoms with E-state index in [0.29, 0.717) is 52.9 Å². The molecule has 234 valence electrons. The second-order valence-corrected chi connectivity index (χ2v) is 15.1. The van der Waals surface area contributed by atoms with Crippen LogP contribution >= 0.6 is 11.3 Å². The average Bonchev–Trinajstić information content (AvgIpc) is 3.76. The molecule has 12 heteroatoms. The third-order valence-electron chi connectivity index (χ3n) is 7.98. The van der Waals surface area contributed by atoms with E-state index in [1.165, 1.54) is 25.7 Å². The summed E-state index contributed by atoms with van der Waals surface area (Å²) < 4.78 is 36.7. The number of thiazole rings is 1. The molecule has 1 aliphatic heterocycles. The molecule has 0 aliphatic carbocycles. The van der Waals surface area contributed by atoms with Crippen molar-refractivity contribution in [1.29, 1.82) is 0 Å². The Morgan fingerprint density at radius 1 is 0.870 bits per heavy atom. The molecule has 7 rings (SSSR count). The number of para-hydroxylation sites is 1. The maximum atomic E-state index is 13.5. The van der Waals surface area contributed by atoms with E-state index in [1.54, 1.807) is 35.0 Å². The molecular formula is C34H32N6O4S2. The van der Waals surface area contributed by atoms with Crippen molar-refractivity contribution in [2.45, 2.75) is 31.1 Å². The Bertz CT molecular complexity index is 2240. The minimum Gasteiger partial charge on any atom is -0.379 e. The van der Waals surface area contributed by atoms with Crippen molar-refractivity contribution < 1.29 is 13.2 Å². The van der Waals surface area contributed by atoms with Gasteiger partial charge in [0.05, 0.1) is 34.0 Å². The Kier molecular flexibility index (Phi) is 7.68. The highest BCUT2D eigenvalue weighted by Gasteiger charge is 2.26. The number of benzene rings is 3. The first-order valence-corrected chi connectivity index (χ1v) is 17.2. The third kappa shape index (κ3) is 5.69. The highest BCUT2D eigenvalue weighted by Crippen LogP contribution is 2.28. The summed E-state index contributed by atoms with van der Waals surface area (Å²) >= 11 is 1.26. The highest BCUT2D eigenvalue weighted by molar-refractivity contribution is 7.89. The number of hydrogen-bond acceptors (Lipinski definition) is 8. The van der Waals surface area contributed by atoms with Crippen molar-refractivity contribution in [1.82, 2.24) is 28.7 Å². The molecule has 0 radical (unpaired) electrons. The van der Waals surface area contributed by atoms with Gasteiger partial charge in [0.25, 0.3) is 5.56 Å². The van der Waals surface area contributed by atoms with Crippen LogP contribution in [-0.4, -0.2) is 63.4 Å². The van der Waals surface area contributed by atoms with Gasteiger partial charge in [-0.3, -0.25) is 4.79 Å². The molecule has 0 amide bonds. The van der Waals surface area contributed by atoms with Gasteiger partial charge in [0.1, 0.15) is 0 Å². The third-order valence-corrected chi connectivity index (χ3v) is 10.8. The Labute approximate surface area is 270 Å².